The monoisotopic (exact) mass is 239 g/mol. The fourth-order valence-corrected chi connectivity index (χ4v) is 2.00. The lowest BCUT2D eigenvalue weighted by Crippen LogP contribution is -1.99. The molecule has 2 heterocycles. The van der Waals surface area contributed by atoms with Gasteiger partial charge in [-0.25, -0.2) is 14.5 Å². The number of imidazole rings is 2. The molecule has 8 heteroatoms. The summed E-state index contributed by atoms with van der Waals surface area (Å²) in [6.07, 6.45) is 4.71. The molecule has 0 radical (unpaired) electrons. The van der Waals surface area contributed by atoms with Gasteiger partial charge in [-0.05, 0) is 4.92 Å². The zero-order valence-electron chi connectivity index (χ0n) is 8.69. The summed E-state index contributed by atoms with van der Waals surface area (Å²) in [7, 11) is 3.46. The summed E-state index contributed by atoms with van der Waals surface area (Å²) in [5, 5.41) is 11.9. The number of hydrogen-bond donors (Lipinski definition) is 0. The minimum absolute atomic E-state index is 0.0308. The third-order valence-electron chi connectivity index (χ3n) is 2.07. The van der Waals surface area contributed by atoms with Crippen LogP contribution in [0.4, 0.5) is 5.82 Å². The topological polar surface area (TPSA) is 78.8 Å². The molecule has 0 N–H and O–H groups in total. The number of nitrogens with zero attached hydrogens (tertiary/aromatic N) is 5. The summed E-state index contributed by atoms with van der Waals surface area (Å²) >= 11 is 1.28. The van der Waals surface area contributed by atoms with Crippen molar-refractivity contribution in [2.24, 2.45) is 14.1 Å². The standard InChI is InChI=1S/C8H9N5O2S/c1-11-4-3-9-7(11)16-8-10-5-6(12(8)2)13(14)15/h3-5H,1-2H3. The van der Waals surface area contributed by atoms with Crippen molar-refractivity contribution in [2.45, 2.75) is 10.3 Å². The molecule has 16 heavy (non-hydrogen) atoms. The van der Waals surface area contributed by atoms with Gasteiger partial charge in [0.15, 0.2) is 5.16 Å². The Morgan fingerprint density at radius 2 is 2.12 bits per heavy atom. The number of nitro groups is 1. The van der Waals surface area contributed by atoms with Crippen LogP contribution in [0.2, 0.25) is 0 Å². The molecule has 0 unspecified atom stereocenters. The van der Waals surface area contributed by atoms with Gasteiger partial charge in [-0.2, -0.15) is 0 Å². The van der Waals surface area contributed by atoms with E-state index in [2.05, 4.69) is 9.97 Å². The molecule has 0 amide bonds. The fourth-order valence-electron chi connectivity index (χ4n) is 1.18. The highest BCUT2D eigenvalue weighted by molar-refractivity contribution is 7.99. The molecular weight excluding hydrogens is 230 g/mol. The molecule has 2 rings (SSSR count). The molecule has 0 aliphatic rings. The largest absolute Gasteiger partial charge is 0.358 e. The van der Waals surface area contributed by atoms with Crippen molar-refractivity contribution in [3.05, 3.63) is 28.7 Å². The van der Waals surface area contributed by atoms with Crippen molar-refractivity contribution >= 4 is 17.6 Å². The summed E-state index contributed by atoms with van der Waals surface area (Å²) < 4.78 is 3.25. The van der Waals surface area contributed by atoms with Crippen LogP contribution in [0.5, 0.6) is 0 Å². The van der Waals surface area contributed by atoms with E-state index in [9.17, 15) is 10.1 Å². The van der Waals surface area contributed by atoms with E-state index in [1.165, 1.54) is 22.5 Å². The van der Waals surface area contributed by atoms with Gasteiger partial charge in [-0.1, -0.05) is 0 Å². The summed E-state index contributed by atoms with van der Waals surface area (Å²) in [5.41, 5.74) is 0. The van der Waals surface area contributed by atoms with Gasteiger partial charge in [0, 0.05) is 31.2 Å². The second-order valence-electron chi connectivity index (χ2n) is 3.14. The van der Waals surface area contributed by atoms with E-state index in [0.717, 1.165) is 5.16 Å². The first kappa shape index (κ1) is 10.7. The molecule has 0 bridgehead atoms. The predicted octanol–water partition coefficient (Wildman–Crippen LogP) is 1.21. The van der Waals surface area contributed by atoms with Gasteiger partial charge in [-0.15, -0.1) is 0 Å². The van der Waals surface area contributed by atoms with Crippen LogP contribution in [0, 0.1) is 10.1 Å². The van der Waals surface area contributed by atoms with Crippen LogP contribution < -0.4 is 0 Å². The highest BCUT2D eigenvalue weighted by Gasteiger charge is 2.18. The van der Waals surface area contributed by atoms with Crippen LogP contribution in [0.1, 0.15) is 0 Å². The van der Waals surface area contributed by atoms with E-state index in [4.69, 9.17) is 0 Å². The van der Waals surface area contributed by atoms with Crippen LogP contribution in [0.15, 0.2) is 28.9 Å². The zero-order valence-corrected chi connectivity index (χ0v) is 9.51. The van der Waals surface area contributed by atoms with Crippen LogP contribution in [-0.2, 0) is 14.1 Å². The molecule has 0 spiro atoms. The van der Waals surface area contributed by atoms with E-state index in [1.807, 2.05) is 11.6 Å². The highest BCUT2D eigenvalue weighted by Crippen LogP contribution is 2.26. The lowest BCUT2D eigenvalue weighted by atomic mass is 10.8. The van der Waals surface area contributed by atoms with Crippen LogP contribution >= 0.6 is 11.8 Å². The molecule has 0 aliphatic heterocycles. The van der Waals surface area contributed by atoms with Crippen LogP contribution in [-0.4, -0.2) is 24.0 Å². The summed E-state index contributed by atoms with van der Waals surface area (Å²) in [4.78, 5) is 18.2. The fraction of sp³-hybridized carbons (Fsp3) is 0.250. The molecule has 84 valence electrons. The van der Waals surface area contributed by atoms with Gasteiger partial charge < -0.3 is 14.7 Å². The summed E-state index contributed by atoms with van der Waals surface area (Å²) in [6, 6.07) is 0. The Morgan fingerprint density at radius 1 is 1.38 bits per heavy atom. The maximum absolute atomic E-state index is 10.6. The molecule has 0 saturated heterocycles. The third kappa shape index (κ3) is 1.78. The molecule has 7 nitrogen and oxygen atoms in total. The number of rotatable bonds is 3. The minimum Gasteiger partial charge on any atom is -0.358 e. The van der Waals surface area contributed by atoms with Gasteiger partial charge in [0.25, 0.3) is 5.16 Å². The molecule has 0 fully saturated rings. The Bertz CT molecular complexity index is 532. The predicted molar refractivity (Wildman–Crippen MR) is 57.2 cm³/mol. The first-order chi connectivity index (χ1) is 7.59. The second-order valence-corrected chi connectivity index (χ2v) is 4.07. The maximum Gasteiger partial charge on any atom is 0.343 e. The maximum atomic E-state index is 10.6. The van der Waals surface area contributed by atoms with Crippen molar-refractivity contribution in [1.82, 2.24) is 19.1 Å². The van der Waals surface area contributed by atoms with Crippen molar-refractivity contribution in [1.29, 1.82) is 0 Å². The average Bonchev–Trinajstić information content (AvgIpc) is 2.76. The third-order valence-corrected chi connectivity index (χ3v) is 3.21. The molecular formula is C8H9N5O2S. The molecule has 0 atom stereocenters. The molecule has 2 aromatic heterocycles. The van der Waals surface area contributed by atoms with Gasteiger partial charge in [0.1, 0.15) is 6.20 Å². The summed E-state index contributed by atoms with van der Waals surface area (Å²) in [6.45, 7) is 0. The van der Waals surface area contributed by atoms with Crippen molar-refractivity contribution < 1.29 is 4.92 Å². The Labute approximate surface area is 95.3 Å². The van der Waals surface area contributed by atoms with Crippen molar-refractivity contribution in [2.75, 3.05) is 0 Å². The van der Waals surface area contributed by atoms with Gasteiger partial charge in [-0.3, -0.25) is 0 Å². The van der Waals surface area contributed by atoms with Gasteiger partial charge in [0.05, 0.1) is 7.05 Å². The van der Waals surface area contributed by atoms with E-state index < -0.39 is 4.92 Å². The van der Waals surface area contributed by atoms with E-state index in [0.29, 0.717) is 5.16 Å². The first-order valence-corrected chi connectivity index (χ1v) is 5.22. The Morgan fingerprint density at radius 3 is 2.62 bits per heavy atom. The zero-order chi connectivity index (χ0) is 11.7. The summed E-state index contributed by atoms with van der Waals surface area (Å²) in [5.74, 6) is -0.0308. The van der Waals surface area contributed by atoms with E-state index in [1.54, 1.807) is 19.4 Å². The van der Waals surface area contributed by atoms with Crippen molar-refractivity contribution in [3.63, 3.8) is 0 Å². The van der Waals surface area contributed by atoms with Crippen LogP contribution in [0.3, 0.4) is 0 Å². The quantitative estimate of drug-likeness (QED) is 0.594. The number of aromatic nitrogens is 4. The normalized spacial score (nSPS) is 10.6. The lowest BCUT2D eigenvalue weighted by Gasteiger charge is -1.98. The number of hydrogen-bond acceptors (Lipinski definition) is 5. The van der Waals surface area contributed by atoms with Gasteiger partial charge in [0.2, 0.25) is 0 Å². The lowest BCUT2D eigenvalue weighted by molar-refractivity contribution is -0.392. The minimum atomic E-state index is -0.463. The molecule has 0 aromatic carbocycles. The first-order valence-electron chi connectivity index (χ1n) is 4.41. The van der Waals surface area contributed by atoms with E-state index in [-0.39, 0.29) is 5.82 Å². The van der Waals surface area contributed by atoms with E-state index >= 15 is 0 Å². The Hall–Kier alpha value is -1.83. The Balaban J connectivity index is 2.29. The molecule has 2 aromatic rings. The average molecular weight is 239 g/mol. The second kappa shape index (κ2) is 3.97. The SMILES string of the molecule is Cn1ccnc1Sc1ncc([N+](=O)[O-])n1C. The highest BCUT2D eigenvalue weighted by atomic mass is 32.2. The Kier molecular flexibility index (Phi) is 2.65. The number of aryl methyl sites for hydroxylation is 1. The molecule has 0 aliphatic carbocycles. The van der Waals surface area contributed by atoms with Gasteiger partial charge >= 0.3 is 5.82 Å². The van der Waals surface area contributed by atoms with Crippen LogP contribution in [0.25, 0.3) is 0 Å². The molecule has 0 saturated carbocycles. The van der Waals surface area contributed by atoms with Crippen molar-refractivity contribution in [3.8, 4) is 0 Å². The smallest absolute Gasteiger partial charge is 0.343 e.